The third-order valence-corrected chi connectivity index (χ3v) is 5.92. The Labute approximate surface area is 167 Å². The summed E-state index contributed by atoms with van der Waals surface area (Å²) in [7, 11) is 3.25. The van der Waals surface area contributed by atoms with E-state index in [4.69, 9.17) is 9.47 Å². The summed E-state index contributed by atoms with van der Waals surface area (Å²) in [5.74, 6) is 3.01. The first-order chi connectivity index (χ1) is 13.6. The van der Waals surface area contributed by atoms with Gasteiger partial charge < -0.3 is 9.47 Å². The number of rotatable bonds is 6. The van der Waals surface area contributed by atoms with E-state index >= 15 is 0 Å². The minimum absolute atomic E-state index is 0.00710. The first kappa shape index (κ1) is 18.7. The van der Waals surface area contributed by atoms with Gasteiger partial charge in [0.25, 0.3) is 5.78 Å². The van der Waals surface area contributed by atoms with Gasteiger partial charge in [-0.2, -0.15) is 4.98 Å². The van der Waals surface area contributed by atoms with Gasteiger partial charge in [0.15, 0.2) is 5.78 Å². The topological polar surface area (TPSA) is 78.6 Å². The summed E-state index contributed by atoms with van der Waals surface area (Å²) < 4.78 is 12.4. The van der Waals surface area contributed by atoms with E-state index in [-0.39, 0.29) is 11.7 Å². The zero-order chi connectivity index (χ0) is 19.7. The number of fused-ring (bicyclic) bond motifs is 2. The Bertz CT molecular complexity index is 1030. The Morgan fingerprint density at radius 1 is 1.21 bits per heavy atom. The summed E-state index contributed by atoms with van der Waals surface area (Å²) in [5, 5.41) is 5.13. The summed E-state index contributed by atoms with van der Waals surface area (Å²) >= 11 is 1.60. The summed E-state index contributed by atoms with van der Waals surface area (Å²) in [4.78, 5) is 22.0. The molecule has 0 aliphatic heterocycles. The molecular formula is C20H22N4O3S. The van der Waals surface area contributed by atoms with Crippen molar-refractivity contribution >= 4 is 23.3 Å². The monoisotopic (exact) mass is 398 g/mol. The first-order valence-corrected chi connectivity index (χ1v) is 10.3. The van der Waals surface area contributed by atoms with Gasteiger partial charge in [-0.15, -0.1) is 5.10 Å². The van der Waals surface area contributed by atoms with Gasteiger partial charge in [-0.05, 0) is 24.5 Å². The maximum absolute atomic E-state index is 12.8. The molecule has 1 atom stereocenters. The van der Waals surface area contributed by atoms with Crippen LogP contribution in [0.5, 0.6) is 11.5 Å². The maximum atomic E-state index is 12.8. The summed E-state index contributed by atoms with van der Waals surface area (Å²) in [5.41, 5.74) is 2.39. The molecule has 4 rings (SSSR count). The Hall–Kier alpha value is -2.61. The number of methoxy groups -OCH3 is 2. The number of benzene rings is 1. The van der Waals surface area contributed by atoms with E-state index in [2.05, 4.69) is 22.0 Å². The maximum Gasteiger partial charge on any atom is 0.253 e. The summed E-state index contributed by atoms with van der Waals surface area (Å²) in [6, 6.07) is 5.71. The average molecular weight is 398 g/mol. The zero-order valence-electron chi connectivity index (χ0n) is 16.1. The lowest BCUT2D eigenvalue weighted by Gasteiger charge is -2.24. The summed E-state index contributed by atoms with van der Waals surface area (Å²) in [6.07, 6.45) is 3.89. The van der Waals surface area contributed by atoms with Gasteiger partial charge in [0.2, 0.25) is 5.16 Å². The molecular weight excluding hydrogens is 376 g/mol. The Balaban J connectivity index is 1.68. The van der Waals surface area contributed by atoms with Crippen LogP contribution in [-0.4, -0.2) is 45.3 Å². The molecule has 0 radical (unpaired) electrons. The number of aromatic nitrogens is 4. The standard InChI is InChI=1S/C20H22N4O3S/c1-4-7-28-20-22-19-21-16-8-12(9-17(25)15(16)11-24(19)23-20)14-6-5-13(26-2)10-18(14)27-3/h5-6,10-12H,4,7-9H2,1-3H3. The van der Waals surface area contributed by atoms with Crippen LogP contribution in [-0.2, 0) is 6.42 Å². The molecule has 28 heavy (non-hydrogen) atoms. The molecule has 0 saturated carbocycles. The largest absolute Gasteiger partial charge is 0.497 e. The number of carbonyl (C=O) groups is 1. The van der Waals surface area contributed by atoms with Gasteiger partial charge in [0.05, 0.1) is 25.5 Å². The van der Waals surface area contributed by atoms with Crippen LogP contribution in [0, 0.1) is 0 Å². The average Bonchev–Trinajstić information content (AvgIpc) is 3.12. The highest BCUT2D eigenvalue weighted by molar-refractivity contribution is 7.99. The zero-order valence-corrected chi connectivity index (χ0v) is 17.0. The lowest BCUT2D eigenvalue weighted by atomic mass is 9.82. The van der Waals surface area contributed by atoms with Gasteiger partial charge in [0, 0.05) is 30.4 Å². The van der Waals surface area contributed by atoms with Gasteiger partial charge >= 0.3 is 0 Å². The first-order valence-electron chi connectivity index (χ1n) is 9.27. The quantitative estimate of drug-likeness (QED) is 0.588. The molecule has 1 aliphatic carbocycles. The van der Waals surface area contributed by atoms with E-state index in [9.17, 15) is 4.79 Å². The lowest BCUT2D eigenvalue weighted by molar-refractivity contribution is 0.0962. The second-order valence-corrected chi connectivity index (χ2v) is 7.79. The van der Waals surface area contributed by atoms with Crippen LogP contribution in [0.4, 0.5) is 0 Å². The predicted molar refractivity (Wildman–Crippen MR) is 107 cm³/mol. The van der Waals surface area contributed by atoms with Crippen molar-refractivity contribution in [1.82, 2.24) is 19.6 Å². The minimum atomic E-state index is 0.00710. The SMILES string of the molecule is CCCSc1nc2nc3c(cn2n1)C(=O)CC(c1ccc(OC)cc1OC)C3. The van der Waals surface area contributed by atoms with Crippen LogP contribution < -0.4 is 9.47 Å². The molecule has 0 saturated heterocycles. The highest BCUT2D eigenvalue weighted by Gasteiger charge is 2.30. The highest BCUT2D eigenvalue weighted by Crippen LogP contribution is 2.38. The van der Waals surface area contributed by atoms with Crippen molar-refractivity contribution in [2.45, 2.75) is 37.3 Å². The molecule has 7 nitrogen and oxygen atoms in total. The van der Waals surface area contributed by atoms with Crippen molar-refractivity contribution in [2.75, 3.05) is 20.0 Å². The van der Waals surface area contributed by atoms with Crippen molar-refractivity contribution in [3.8, 4) is 11.5 Å². The molecule has 3 aromatic rings. The van der Waals surface area contributed by atoms with E-state index in [1.807, 2.05) is 18.2 Å². The van der Waals surface area contributed by atoms with E-state index in [1.165, 1.54) is 0 Å². The lowest BCUT2D eigenvalue weighted by Crippen LogP contribution is -2.21. The second-order valence-electron chi connectivity index (χ2n) is 6.72. The van der Waals surface area contributed by atoms with Gasteiger partial charge in [-0.3, -0.25) is 4.79 Å². The molecule has 146 valence electrons. The van der Waals surface area contributed by atoms with Crippen LogP contribution in [0.2, 0.25) is 0 Å². The summed E-state index contributed by atoms with van der Waals surface area (Å²) in [6.45, 7) is 2.12. The number of hydrogen-bond donors (Lipinski definition) is 0. The molecule has 1 aromatic carbocycles. The van der Waals surface area contributed by atoms with Gasteiger partial charge in [0.1, 0.15) is 11.5 Å². The van der Waals surface area contributed by atoms with Crippen molar-refractivity contribution in [3.63, 3.8) is 0 Å². The molecule has 0 amide bonds. The number of ether oxygens (including phenoxy) is 2. The van der Waals surface area contributed by atoms with Crippen LogP contribution in [0.1, 0.15) is 47.3 Å². The fraction of sp³-hybridized carbons (Fsp3) is 0.400. The smallest absolute Gasteiger partial charge is 0.253 e. The molecule has 0 N–H and O–H groups in total. The molecule has 0 bridgehead atoms. The molecule has 1 aliphatic rings. The van der Waals surface area contributed by atoms with Crippen molar-refractivity contribution < 1.29 is 14.3 Å². The molecule has 2 heterocycles. The van der Waals surface area contributed by atoms with Gasteiger partial charge in [-0.1, -0.05) is 24.8 Å². The van der Waals surface area contributed by atoms with Crippen LogP contribution in [0.3, 0.4) is 0 Å². The van der Waals surface area contributed by atoms with E-state index < -0.39 is 0 Å². The number of carbonyl (C=O) groups excluding carboxylic acids is 1. The van der Waals surface area contributed by atoms with Crippen LogP contribution in [0.15, 0.2) is 29.6 Å². The Morgan fingerprint density at radius 2 is 2.07 bits per heavy atom. The fourth-order valence-electron chi connectivity index (χ4n) is 3.49. The van der Waals surface area contributed by atoms with Crippen molar-refractivity contribution in [3.05, 3.63) is 41.2 Å². The number of Topliss-reactive ketones (excluding diaryl/α,β-unsaturated/α-hetero) is 1. The minimum Gasteiger partial charge on any atom is -0.497 e. The molecule has 0 spiro atoms. The Morgan fingerprint density at radius 3 is 2.82 bits per heavy atom. The van der Waals surface area contributed by atoms with E-state index in [0.717, 1.165) is 34.9 Å². The van der Waals surface area contributed by atoms with Crippen molar-refractivity contribution in [2.24, 2.45) is 0 Å². The second kappa shape index (κ2) is 7.79. The van der Waals surface area contributed by atoms with Gasteiger partial charge in [-0.25, -0.2) is 9.50 Å². The molecule has 0 fully saturated rings. The third-order valence-electron chi connectivity index (χ3n) is 4.88. The van der Waals surface area contributed by atoms with E-state index in [0.29, 0.717) is 29.3 Å². The van der Waals surface area contributed by atoms with Crippen molar-refractivity contribution in [1.29, 1.82) is 0 Å². The fourth-order valence-corrected chi connectivity index (χ4v) is 4.17. The van der Waals surface area contributed by atoms with Crippen LogP contribution >= 0.6 is 11.8 Å². The Kier molecular flexibility index (Phi) is 5.21. The third kappa shape index (κ3) is 3.44. The number of ketones is 1. The molecule has 8 heteroatoms. The predicted octanol–water partition coefficient (Wildman–Crippen LogP) is 3.56. The van der Waals surface area contributed by atoms with Crippen LogP contribution in [0.25, 0.3) is 5.78 Å². The normalized spacial score (nSPS) is 16.2. The molecule has 1 unspecified atom stereocenters. The number of nitrogens with zero attached hydrogens (tertiary/aromatic N) is 4. The number of thioether (sulfide) groups is 1. The number of hydrogen-bond acceptors (Lipinski definition) is 7. The van der Waals surface area contributed by atoms with E-state index in [1.54, 1.807) is 36.7 Å². The molecule has 2 aromatic heterocycles. The highest BCUT2D eigenvalue weighted by atomic mass is 32.2.